The summed E-state index contributed by atoms with van der Waals surface area (Å²) in [6.45, 7) is 1.08. The van der Waals surface area contributed by atoms with Crippen LogP contribution in [-0.4, -0.2) is 11.1 Å². The van der Waals surface area contributed by atoms with E-state index in [1.807, 2.05) is 0 Å². The molecule has 0 spiro atoms. The van der Waals surface area contributed by atoms with E-state index in [1.54, 1.807) is 0 Å². The lowest BCUT2D eigenvalue weighted by Gasteiger charge is -1.59. The second kappa shape index (κ2) is 3.43. The van der Waals surface area contributed by atoms with E-state index in [2.05, 4.69) is 0 Å². The van der Waals surface area contributed by atoms with Crippen molar-refractivity contribution < 1.29 is 9.90 Å². The van der Waals surface area contributed by atoms with Gasteiger partial charge >= 0.3 is 0 Å². The van der Waals surface area contributed by atoms with Crippen molar-refractivity contribution in [3.8, 4) is 0 Å². The van der Waals surface area contributed by atoms with E-state index in [9.17, 15) is 0 Å². The Morgan fingerprint density at radius 1 is 1.80 bits per heavy atom. The molecule has 0 saturated carbocycles. The summed E-state index contributed by atoms with van der Waals surface area (Å²) >= 11 is 0. The lowest BCUT2D eigenvalue weighted by molar-refractivity contribution is -0.134. The molecule has 0 aromatic heterocycles. The quantitative estimate of drug-likeness (QED) is 0.424. The van der Waals surface area contributed by atoms with Crippen LogP contribution in [0.15, 0.2) is 0 Å². The van der Waals surface area contributed by atoms with Gasteiger partial charge in [0.05, 0.1) is 0 Å². The molecule has 0 bridgehead atoms. The van der Waals surface area contributed by atoms with Crippen LogP contribution in [0.5, 0.6) is 0 Å². The summed E-state index contributed by atoms with van der Waals surface area (Å²) in [5.74, 6) is -0.833. The summed E-state index contributed by atoms with van der Waals surface area (Å²) in [6.07, 6.45) is 0. The van der Waals surface area contributed by atoms with Gasteiger partial charge in [-0.15, -0.1) is 0 Å². The first-order chi connectivity index (χ1) is 1.73. The number of hydrogen-bond acceptors (Lipinski definition) is 2. The van der Waals surface area contributed by atoms with Crippen molar-refractivity contribution in [2.45, 2.75) is 6.92 Å². The average Bonchev–Trinajstić information content (AvgIpc) is 0.811. The van der Waals surface area contributed by atoms with Gasteiger partial charge in [-0.3, -0.25) is 4.79 Å². The Labute approximate surface area is 30.2 Å². The van der Waals surface area contributed by atoms with Crippen molar-refractivity contribution >= 4 is 5.97 Å². The molecule has 0 unspecified atom stereocenters. The van der Waals surface area contributed by atoms with Gasteiger partial charge in [0.2, 0.25) is 0 Å². The van der Waals surface area contributed by atoms with Crippen LogP contribution < -0.4 is 6.15 Å². The van der Waals surface area contributed by atoms with Gasteiger partial charge in [-0.05, 0) is 0 Å². The van der Waals surface area contributed by atoms with Gasteiger partial charge in [0.15, 0.2) is 0 Å². The highest BCUT2D eigenvalue weighted by atomic mass is 16.4. The first-order valence-electron chi connectivity index (χ1n) is 0.928. The minimum absolute atomic E-state index is 0. The van der Waals surface area contributed by atoms with Crippen LogP contribution in [0, 0.1) is 0 Å². The first kappa shape index (κ1) is 8.83. The fraction of sp³-hybridized carbons (Fsp3) is 0.500. The predicted molar refractivity (Wildman–Crippen MR) is 18.3 cm³/mol. The third kappa shape index (κ3) is 21.6. The molecule has 0 aromatic rings. The number of carboxylic acids is 1. The summed E-state index contributed by atoms with van der Waals surface area (Å²) < 4.78 is 0. The standard InChI is InChI=1S/C2H4O2.H3N/c1-2(3)4;/h1H3,(H,3,4);1H3/i;1-13. The van der Waals surface area contributed by atoms with E-state index < -0.39 is 5.97 Å². The van der Waals surface area contributed by atoms with Crippen LogP contribution >= 0.6 is 0 Å². The van der Waals surface area contributed by atoms with E-state index in [0.29, 0.717) is 0 Å². The van der Waals surface area contributed by atoms with Gasteiger partial charge in [-0.25, -0.2) is 0 Å². The van der Waals surface area contributed by atoms with Crippen LogP contribution in [0.25, 0.3) is 0 Å². The van der Waals surface area contributed by atoms with Gasteiger partial charge in [0, 0.05) is 6.92 Å². The SMILES string of the molecule is CC(=O)O.[1NH3]. The lowest BCUT2D eigenvalue weighted by Crippen LogP contribution is -1.78. The lowest BCUT2D eigenvalue weighted by atomic mass is 1.000. The van der Waals surface area contributed by atoms with Crippen LogP contribution in [0.2, 0.25) is 0 Å². The maximum atomic E-state index is 9.00. The smallest absolute Gasteiger partial charge is 0.300 e. The van der Waals surface area contributed by atoms with Gasteiger partial charge in [0.25, 0.3) is 5.97 Å². The molecule has 0 fully saturated rings. The number of hydrogen-bond donors (Lipinski definition) is 2. The van der Waals surface area contributed by atoms with Crippen molar-refractivity contribution in [1.82, 2.24) is 6.15 Å². The molecule has 3 heteroatoms. The highest BCUT2D eigenvalue weighted by Gasteiger charge is 1.65. The van der Waals surface area contributed by atoms with Gasteiger partial charge in [0.1, 0.15) is 0 Å². The van der Waals surface area contributed by atoms with Crippen LogP contribution in [0.1, 0.15) is 6.92 Å². The summed E-state index contributed by atoms with van der Waals surface area (Å²) in [5, 5.41) is 7.42. The van der Waals surface area contributed by atoms with E-state index >= 15 is 0 Å². The molecular formula is C2H7NO2. The molecule has 0 atom stereocenters. The third-order valence-corrected chi connectivity index (χ3v) is 0. The molecule has 0 aliphatic rings. The fourth-order valence-electron chi connectivity index (χ4n) is 0. The zero-order chi connectivity index (χ0) is 3.58. The minimum Gasteiger partial charge on any atom is -0.481 e. The van der Waals surface area contributed by atoms with Crippen molar-refractivity contribution in [2.24, 2.45) is 0 Å². The maximum absolute atomic E-state index is 9.00. The molecule has 0 aliphatic carbocycles. The summed E-state index contributed by atoms with van der Waals surface area (Å²) in [5.41, 5.74) is 0. The number of carbonyl (C=O) groups is 1. The Bertz CT molecular complexity index is 30.6. The molecule has 0 heterocycles. The molecular weight excluding hydrogens is 57.0 g/mol. The predicted octanol–water partition coefficient (Wildman–Crippen LogP) is 0.253. The molecule has 0 aromatic carbocycles. The van der Waals surface area contributed by atoms with E-state index in [0.717, 1.165) is 6.92 Å². The Morgan fingerprint density at radius 3 is 1.80 bits per heavy atom. The molecule has 32 valence electrons. The largest absolute Gasteiger partial charge is 0.481 e. The molecule has 0 aliphatic heterocycles. The normalized spacial score (nSPS) is 5.00. The summed E-state index contributed by atoms with van der Waals surface area (Å²) in [7, 11) is 0. The van der Waals surface area contributed by atoms with E-state index in [4.69, 9.17) is 9.90 Å². The van der Waals surface area contributed by atoms with Crippen molar-refractivity contribution in [2.75, 3.05) is 0 Å². The van der Waals surface area contributed by atoms with Gasteiger partial charge in [-0.2, -0.15) is 0 Å². The second-order valence-electron chi connectivity index (χ2n) is 0.519. The molecule has 5 heavy (non-hydrogen) atoms. The highest BCUT2D eigenvalue weighted by Crippen LogP contribution is 1.42. The molecule has 0 saturated heterocycles. The maximum Gasteiger partial charge on any atom is 0.300 e. The number of aliphatic carboxylic acids is 1. The molecule has 0 amide bonds. The highest BCUT2D eigenvalue weighted by molar-refractivity contribution is 5.62. The van der Waals surface area contributed by atoms with Crippen molar-refractivity contribution in [3.63, 3.8) is 0 Å². The third-order valence-electron chi connectivity index (χ3n) is 0. The van der Waals surface area contributed by atoms with Gasteiger partial charge in [-0.1, -0.05) is 0 Å². The van der Waals surface area contributed by atoms with Crippen molar-refractivity contribution in [1.29, 1.82) is 0 Å². The van der Waals surface area contributed by atoms with E-state index in [1.165, 1.54) is 0 Å². The minimum atomic E-state index is -0.833. The zero-order valence-corrected chi connectivity index (χ0v) is 3.06. The average molecular weight is 64.1 g/mol. The summed E-state index contributed by atoms with van der Waals surface area (Å²) in [4.78, 5) is 9.00. The Hall–Kier alpha value is -0.570. The second-order valence-corrected chi connectivity index (χ2v) is 0.519. The van der Waals surface area contributed by atoms with Crippen LogP contribution in [0.4, 0.5) is 0 Å². The first-order valence-corrected chi connectivity index (χ1v) is 0.928. The topological polar surface area (TPSA) is 72.3 Å². The van der Waals surface area contributed by atoms with E-state index in [-0.39, 0.29) is 6.15 Å². The van der Waals surface area contributed by atoms with Crippen molar-refractivity contribution in [3.05, 3.63) is 0 Å². The Kier molecular flexibility index (Phi) is 6.05. The molecule has 4 N–H and O–H groups in total. The van der Waals surface area contributed by atoms with Gasteiger partial charge < -0.3 is 11.3 Å². The number of carboxylic acid groups (broad SMARTS) is 1. The molecule has 0 radical (unpaired) electrons. The molecule has 0 rings (SSSR count). The number of rotatable bonds is 0. The van der Waals surface area contributed by atoms with Crippen LogP contribution in [-0.2, 0) is 4.79 Å². The monoisotopic (exact) mass is 64.0 g/mol. The zero-order valence-electron chi connectivity index (χ0n) is 3.06. The summed E-state index contributed by atoms with van der Waals surface area (Å²) in [6, 6.07) is 0. The fourth-order valence-corrected chi connectivity index (χ4v) is 0. The molecule has 3 nitrogen and oxygen atoms in total. The van der Waals surface area contributed by atoms with Crippen LogP contribution in [0.3, 0.4) is 0 Å². The Morgan fingerprint density at radius 2 is 1.80 bits per heavy atom. The Balaban J connectivity index is 0.